The predicted octanol–water partition coefficient (Wildman–Crippen LogP) is 16.3. The van der Waals surface area contributed by atoms with E-state index in [4.69, 9.17) is 14.2 Å². The zero-order valence-electron chi connectivity index (χ0n) is 38.8. The van der Waals surface area contributed by atoms with Crippen LogP contribution in [-0.2, 0) is 28.6 Å². The van der Waals surface area contributed by atoms with Gasteiger partial charge in [-0.3, -0.25) is 14.4 Å². The van der Waals surface area contributed by atoms with Crippen molar-refractivity contribution in [1.29, 1.82) is 0 Å². The van der Waals surface area contributed by atoms with Crippen molar-refractivity contribution in [2.24, 2.45) is 5.92 Å². The predicted molar refractivity (Wildman–Crippen MR) is 243 cm³/mol. The first-order valence-corrected chi connectivity index (χ1v) is 25.4. The molecule has 0 radical (unpaired) electrons. The lowest BCUT2D eigenvalue weighted by Crippen LogP contribution is -2.30. The fourth-order valence-corrected chi connectivity index (χ4v) is 7.69. The number of ether oxygens (including phenoxy) is 3. The van der Waals surface area contributed by atoms with Gasteiger partial charge in [-0.1, -0.05) is 246 Å². The van der Waals surface area contributed by atoms with E-state index in [-0.39, 0.29) is 31.1 Å². The summed E-state index contributed by atoms with van der Waals surface area (Å²) in [6, 6.07) is 0. The van der Waals surface area contributed by atoms with Crippen molar-refractivity contribution in [3.63, 3.8) is 0 Å². The molecule has 0 fully saturated rings. The van der Waals surface area contributed by atoms with Crippen molar-refractivity contribution < 1.29 is 28.6 Å². The van der Waals surface area contributed by atoms with Gasteiger partial charge in [0, 0.05) is 19.3 Å². The molecule has 6 heteroatoms. The monoisotopic (exact) mass is 807 g/mol. The smallest absolute Gasteiger partial charge is 0.306 e. The molecule has 0 bridgehead atoms. The van der Waals surface area contributed by atoms with Crippen molar-refractivity contribution in [2.75, 3.05) is 13.2 Å². The van der Waals surface area contributed by atoms with E-state index in [0.717, 1.165) is 63.7 Å². The topological polar surface area (TPSA) is 78.9 Å². The summed E-state index contributed by atoms with van der Waals surface area (Å²) in [5.41, 5.74) is 0. The molecule has 0 aliphatic rings. The third-order valence-corrected chi connectivity index (χ3v) is 11.5. The Hall–Kier alpha value is -1.59. The van der Waals surface area contributed by atoms with Crippen molar-refractivity contribution >= 4 is 17.9 Å². The van der Waals surface area contributed by atoms with Crippen molar-refractivity contribution in [2.45, 2.75) is 291 Å². The SMILES string of the molecule is CCCCCCCCCCCCCCCCCCC(=O)OC[C@H](COC(=O)CCCCCCCCCCC(C)C)OC(=O)CCCCCCCCCCCCCC. The highest BCUT2D eigenvalue weighted by atomic mass is 16.6. The van der Waals surface area contributed by atoms with Gasteiger partial charge in [0.05, 0.1) is 0 Å². The fraction of sp³-hybridized carbons (Fsp3) is 0.941. The van der Waals surface area contributed by atoms with Crippen LogP contribution in [0.2, 0.25) is 0 Å². The van der Waals surface area contributed by atoms with E-state index in [2.05, 4.69) is 27.7 Å². The number of hydrogen-bond acceptors (Lipinski definition) is 6. The number of esters is 3. The first-order valence-electron chi connectivity index (χ1n) is 25.4. The molecule has 1 atom stereocenters. The lowest BCUT2D eigenvalue weighted by Gasteiger charge is -2.18. The summed E-state index contributed by atoms with van der Waals surface area (Å²) in [6.07, 6.45) is 46.6. The third-order valence-electron chi connectivity index (χ3n) is 11.5. The first kappa shape index (κ1) is 55.4. The fourth-order valence-electron chi connectivity index (χ4n) is 7.69. The quantitative estimate of drug-likeness (QED) is 0.0346. The van der Waals surface area contributed by atoms with E-state index in [1.807, 2.05) is 0 Å². The minimum Gasteiger partial charge on any atom is -0.462 e. The van der Waals surface area contributed by atoms with Gasteiger partial charge in [-0.2, -0.15) is 0 Å². The Morgan fingerprint density at radius 3 is 0.860 bits per heavy atom. The zero-order chi connectivity index (χ0) is 41.7. The van der Waals surface area contributed by atoms with Gasteiger partial charge in [0.15, 0.2) is 6.10 Å². The van der Waals surface area contributed by atoms with E-state index in [9.17, 15) is 14.4 Å². The average Bonchev–Trinajstić information content (AvgIpc) is 3.19. The molecule has 0 amide bonds. The number of carbonyl (C=O) groups excluding carboxylic acids is 3. The molecule has 0 unspecified atom stereocenters. The second-order valence-electron chi connectivity index (χ2n) is 17.9. The van der Waals surface area contributed by atoms with Crippen molar-refractivity contribution in [3.05, 3.63) is 0 Å². The standard InChI is InChI=1S/C51H98O6/c1-5-7-9-11-13-15-17-19-20-21-22-24-25-30-34-38-42-49(52)55-45-48(46-56-50(53)43-39-35-31-28-27-29-33-37-41-47(3)4)57-51(54)44-40-36-32-26-23-18-16-14-12-10-8-6-2/h47-48H,5-46H2,1-4H3/t48-/m1/s1. The average molecular weight is 807 g/mol. The summed E-state index contributed by atoms with van der Waals surface area (Å²) in [6.45, 7) is 8.99. The lowest BCUT2D eigenvalue weighted by molar-refractivity contribution is -0.167. The van der Waals surface area contributed by atoms with E-state index >= 15 is 0 Å². The van der Waals surface area contributed by atoms with Crippen LogP contribution in [0.25, 0.3) is 0 Å². The number of hydrogen-bond donors (Lipinski definition) is 0. The van der Waals surface area contributed by atoms with Crippen LogP contribution in [0.1, 0.15) is 285 Å². The second kappa shape index (κ2) is 45.5. The largest absolute Gasteiger partial charge is 0.462 e. The summed E-state index contributed by atoms with van der Waals surface area (Å²) in [7, 11) is 0. The Labute approximate surface area is 355 Å². The van der Waals surface area contributed by atoms with E-state index in [1.165, 1.54) is 180 Å². The van der Waals surface area contributed by atoms with Crippen LogP contribution in [-0.4, -0.2) is 37.2 Å². The van der Waals surface area contributed by atoms with Gasteiger partial charge in [-0.25, -0.2) is 0 Å². The van der Waals surface area contributed by atoms with Crippen LogP contribution < -0.4 is 0 Å². The molecule has 0 aliphatic heterocycles. The summed E-state index contributed by atoms with van der Waals surface area (Å²) in [5, 5.41) is 0. The summed E-state index contributed by atoms with van der Waals surface area (Å²) in [5.74, 6) is -0.0513. The van der Waals surface area contributed by atoms with Crippen LogP contribution in [0.5, 0.6) is 0 Å². The highest BCUT2D eigenvalue weighted by Gasteiger charge is 2.19. The maximum absolute atomic E-state index is 12.7. The van der Waals surface area contributed by atoms with Crippen LogP contribution >= 0.6 is 0 Å². The van der Waals surface area contributed by atoms with Gasteiger partial charge in [-0.15, -0.1) is 0 Å². The molecule has 6 nitrogen and oxygen atoms in total. The summed E-state index contributed by atoms with van der Waals surface area (Å²) >= 11 is 0. The Balaban J connectivity index is 4.28. The van der Waals surface area contributed by atoms with Gasteiger partial charge in [0.25, 0.3) is 0 Å². The number of unbranched alkanes of at least 4 members (excludes halogenated alkanes) is 33. The molecule has 0 N–H and O–H groups in total. The Kier molecular flexibility index (Phi) is 44.2. The van der Waals surface area contributed by atoms with E-state index in [1.54, 1.807) is 0 Å². The van der Waals surface area contributed by atoms with Crippen LogP contribution in [0, 0.1) is 5.92 Å². The van der Waals surface area contributed by atoms with Crippen LogP contribution in [0.3, 0.4) is 0 Å². The summed E-state index contributed by atoms with van der Waals surface area (Å²) < 4.78 is 16.8. The molecule has 57 heavy (non-hydrogen) atoms. The Bertz CT molecular complexity index is 857. The Morgan fingerprint density at radius 1 is 0.333 bits per heavy atom. The molecule has 0 aromatic carbocycles. The maximum Gasteiger partial charge on any atom is 0.306 e. The van der Waals surface area contributed by atoms with Crippen LogP contribution in [0.15, 0.2) is 0 Å². The molecule has 0 spiro atoms. The van der Waals surface area contributed by atoms with Crippen molar-refractivity contribution in [3.8, 4) is 0 Å². The molecule has 338 valence electrons. The molecule has 0 aromatic rings. The molecule has 0 aliphatic carbocycles. The van der Waals surface area contributed by atoms with Crippen LogP contribution in [0.4, 0.5) is 0 Å². The van der Waals surface area contributed by atoms with Gasteiger partial charge in [-0.05, 0) is 25.2 Å². The molecule has 0 saturated carbocycles. The molecule has 0 heterocycles. The normalized spacial score (nSPS) is 11.9. The minimum atomic E-state index is -0.760. The zero-order valence-corrected chi connectivity index (χ0v) is 38.8. The second-order valence-corrected chi connectivity index (χ2v) is 17.9. The number of carbonyl (C=O) groups is 3. The van der Waals surface area contributed by atoms with Crippen molar-refractivity contribution in [1.82, 2.24) is 0 Å². The molecule has 0 aromatic heterocycles. The van der Waals surface area contributed by atoms with Gasteiger partial charge in [0.2, 0.25) is 0 Å². The highest BCUT2D eigenvalue weighted by molar-refractivity contribution is 5.71. The lowest BCUT2D eigenvalue weighted by atomic mass is 10.0. The summed E-state index contributed by atoms with van der Waals surface area (Å²) in [4.78, 5) is 37.9. The Morgan fingerprint density at radius 2 is 0.579 bits per heavy atom. The van der Waals surface area contributed by atoms with E-state index in [0.29, 0.717) is 19.3 Å². The first-order chi connectivity index (χ1) is 27.9. The van der Waals surface area contributed by atoms with Gasteiger partial charge < -0.3 is 14.2 Å². The maximum atomic E-state index is 12.7. The molecule has 0 rings (SSSR count). The van der Waals surface area contributed by atoms with Gasteiger partial charge >= 0.3 is 17.9 Å². The molecular formula is C51H98O6. The van der Waals surface area contributed by atoms with E-state index < -0.39 is 6.10 Å². The molecular weight excluding hydrogens is 709 g/mol. The third kappa shape index (κ3) is 45.3. The molecule has 0 saturated heterocycles. The highest BCUT2D eigenvalue weighted by Crippen LogP contribution is 2.17. The van der Waals surface area contributed by atoms with Gasteiger partial charge in [0.1, 0.15) is 13.2 Å². The number of rotatable bonds is 46. The minimum absolute atomic E-state index is 0.0632.